The molecular weight excluding hydrogens is 534 g/mol. The lowest BCUT2D eigenvalue weighted by atomic mass is 10.1. The number of nitrogens with one attached hydrogen (secondary N) is 3. The highest BCUT2D eigenvalue weighted by Gasteiger charge is 2.20. The third-order valence-electron chi connectivity index (χ3n) is 5.28. The molecule has 0 unspecified atom stereocenters. The summed E-state index contributed by atoms with van der Waals surface area (Å²) < 4.78 is 56.1. The Balaban J connectivity index is 1.49. The quantitative estimate of drug-likeness (QED) is 0.265. The van der Waals surface area contributed by atoms with Crippen molar-refractivity contribution < 1.29 is 21.6 Å². The third kappa shape index (κ3) is 6.48. The van der Waals surface area contributed by atoms with Crippen LogP contribution < -0.4 is 14.8 Å². The molecule has 0 aromatic heterocycles. The maximum atomic E-state index is 12.9. The SMILES string of the molecule is Cc1ccc(C(=O)Nc2ccc(S(=O)(=O)Nc3ccc(Cl)cc3)cc2)cc1S(=O)(=O)Nc1ccccc1. The number of para-hydroxylation sites is 1. The second kappa shape index (κ2) is 10.6. The zero-order chi connectivity index (χ0) is 26.6. The third-order valence-corrected chi connectivity index (χ3v) is 8.46. The van der Waals surface area contributed by atoms with Crippen LogP contribution in [0.1, 0.15) is 15.9 Å². The van der Waals surface area contributed by atoms with Crippen LogP contribution in [0.4, 0.5) is 17.1 Å². The van der Waals surface area contributed by atoms with E-state index in [1.54, 1.807) is 67.6 Å². The fourth-order valence-corrected chi connectivity index (χ4v) is 5.91. The van der Waals surface area contributed by atoms with Gasteiger partial charge in [-0.05, 0) is 85.3 Å². The molecule has 0 radical (unpaired) electrons. The Morgan fingerprint density at radius 1 is 0.676 bits per heavy atom. The predicted octanol–water partition coefficient (Wildman–Crippen LogP) is 5.50. The van der Waals surface area contributed by atoms with E-state index >= 15 is 0 Å². The van der Waals surface area contributed by atoms with Crippen LogP contribution in [-0.4, -0.2) is 22.7 Å². The molecule has 0 bridgehead atoms. The number of anilines is 3. The zero-order valence-electron chi connectivity index (χ0n) is 19.5. The summed E-state index contributed by atoms with van der Waals surface area (Å²) in [4.78, 5) is 12.8. The maximum Gasteiger partial charge on any atom is 0.262 e. The molecule has 0 saturated heterocycles. The van der Waals surface area contributed by atoms with Gasteiger partial charge in [-0.1, -0.05) is 35.9 Å². The van der Waals surface area contributed by atoms with Crippen LogP contribution in [0, 0.1) is 6.92 Å². The molecule has 3 N–H and O–H groups in total. The highest BCUT2D eigenvalue weighted by molar-refractivity contribution is 7.93. The van der Waals surface area contributed by atoms with E-state index in [4.69, 9.17) is 11.6 Å². The van der Waals surface area contributed by atoms with E-state index in [1.807, 2.05) is 0 Å². The van der Waals surface area contributed by atoms with Crippen LogP contribution in [0.5, 0.6) is 0 Å². The average molecular weight is 556 g/mol. The Morgan fingerprint density at radius 2 is 1.24 bits per heavy atom. The number of carbonyl (C=O) groups excluding carboxylic acids is 1. The van der Waals surface area contributed by atoms with Crippen LogP contribution in [-0.2, 0) is 20.0 Å². The number of rotatable bonds is 8. The molecule has 0 aliphatic heterocycles. The first-order valence-corrected chi connectivity index (χ1v) is 14.3. The molecule has 37 heavy (non-hydrogen) atoms. The number of hydrogen-bond acceptors (Lipinski definition) is 5. The van der Waals surface area contributed by atoms with E-state index in [0.29, 0.717) is 27.6 Å². The van der Waals surface area contributed by atoms with Gasteiger partial charge in [0.05, 0.1) is 9.79 Å². The fraction of sp³-hybridized carbons (Fsp3) is 0.0385. The summed E-state index contributed by atoms with van der Waals surface area (Å²) in [6, 6.07) is 24.6. The number of sulfonamides is 2. The van der Waals surface area contributed by atoms with Gasteiger partial charge in [0.1, 0.15) is 0 Å². The highest BCUT2D eigenvalue weighted by atomic mass is 35.5. The molecule has 0 spiro atoms. The van der Waals surface area contributed by atoms with Crippen molar-refractivity contribution in [1.82, 2.24) is 0 Å². The molecule has 1 amide bonds. The van der Waals surface area contributed by atoms with Crippen molar-refractivity contribution in [2.75, 3.05) is 14.8 Å². The van der Waals surface area contributed by atoms with Crippen LogP contribution >= 0.6 is 11.6 Å². The Labute approximate surface area is 220 Å². The van der Waals surface area contributed by atoms with Gasteiger partial charge in [0.25, 0.3) is 26.0 Å². The van der Waals surface area contributed by atoms with E-state index in [9.17, 15) is 21.6 Å². The summed E-state index contributed by atoms with van der Waals surface area (Å²) in [6.45, 7) is 1.64. The molecule has 11 heteroatoms. The molecule has 0 saturated carbocycles. The van der Waals surface area contributed by atoms with Gasteiger partial charge in [0, 0.05) is 27.6 Å². The van der Waals surface area contributed by atoms with Crippen molar-refractivity contribution in [2.45, 2.75) is 16.7 Å². The van der Waals surface area contributed by atoms with E-state index in [0.717, 1.165) is 0 Å². The standard InChI is InChI=1S/C26H22ClN3O5S2/c1-18-7-8-19(17-25(18)37(34,35)30-22-5-3-2-4-6-22)26(31)28-21-13-15-24(16-14-21)36(32,33)29-23-11-9-20(27)10-12-23/h2-17,29-30H,1H3,(H,28,31). The lowest BCUT2D eigenvalue weighted by Gasteiger charge is -2.13. The molecule has 0 heterocycles. The molecule has 0 fully saturated rings. The minimum absolute atomic E-state index is 0.00356. The Hall–Kier alpha value is -3.86. The normalized spacial score (nSPS) is 11.5. The van der Waals surface area contributed by atoms with Crippen molar-refractivity contribution >= 4 is 54.6 Å². The number of amides is 1. The lowest BCUT2D eigenvalue weighted by Crippen LogP contribution is -2.17. The molecule has 0 aliphatic carbocycles. The average Bonchev–Trinajstić information content (AvgIpc) is 2.86. The maximum absolute atomic E-state index is 12.9. The van der Waals surface area contributed by atoms with Gasteiger partial charge in [-0.3, -0.25) is 14.2 Å². The molecule has 190 valence electrons. The minimum Gasteiger partial charge on any atom is -0.322 e. The molecular formula is C26H22ClN3O5S2. The minimum atomic E-state index is -3.93. The summed E-state index contributed by atoms with van der Waals surface area (Å²) in [6.07, 6.45) is 0. The van der Waals surface area contributed by atoms with Crippen molar-refractivity contribution in [3.8, 4) is 0 Å². The van der Waals surface area contributed by atoms with Gasteiger partial charge < -0.3 is 5.32 Å². The number of aryl methyl sites for hydroxylation is 1. The largest absolute Gasteiger partial charge is 0.322 e. The molecule has 4 aromatic rings. The van der Waals surface area contributed by atoms with Crippen LogP contribution in [0.25, 0.3) is 0 Å². The van der Waals surface area contributed by atoms with E-state index < -0.39 is 26.0 Å². The summed E-state index contributed by atoms with van der Waals surface area (Å²) in [5.74, 6) is -0.550. The second-order valence-corrected chi connectivity index (χ2v) is 11.8. The topological polar surface area (TPSA) is 121 Å². The first-order valence-electron chi connectivity index (χ1n) is 10.9. The van der Waals surface area contributed by atoms with Crippen molar-refractivity contribution in [3.05, 3.63) is 113 Å². The van der Waals surface area contributed by atoms with Crippen molar-refractivity contribution in [3.63, 3.8) is 0 Å². The number of benzene rings is 4. The summed E-state index contributed by atoms with van der Waals surface area (Å²) >= 11 is 5.83. The van der Waals surface area contributed by atoms with Crippen LogP contribution in [0.15, 0.2) is 107 Å². The van der Waals surface area contributed by atoms with Gasteiger partial charge >= 0.3 is 0 Å². The highest BCUT2D eigenvalue weighted by Crippen LogP contribution is 2.23. The van der Waals surface area contributed by atoms with Gasteiger partial charge in [0.2, 0.25) is 0 Å². The molecule has 4 aromatic carbocycles. The van der Waals surface area contributed by atoms with E-state index in [2.05, 4.69) is 14.8 Å². The second-order valence-electron chi connectivity index (χ2n) is 8.04. The predicted molar refractivity (Wildman–Crippen MR) is 145 cm³/mol. The van der Waals surface area contributed by atoms with Crippen LogP contribution in [0.3, 0.4) is 0 Å². The number of carbonyl (C=O) groups is 1. The number of hydrogen-bond donors (Lipinski definition) is 3. The lowest BCUT2D eigenvalue weighted by molar-refractivity contribution is 0.102. The van der Waals surface area contributed by atoms with Crippen molar-refractivity contribution in [2.24, 2.45) is 0 Å². The first-order chi connectivity index (χ1) is 17.5. The molecule has 4 rings (SSSR count). The summed E-state index contributed by atoms with van der Waals surface area (Å²) in [5.41, 5.74) is 1.69. The molecule has 0 atom stereocenters. The van der Waals surface area contributed by atoms with Gasteiger partial charge in [0.15, 0.2) is 0 Å². The summed E-state index contributed by atoms with van der Waals surface area (Å²) in [7, 11) is -7.79. The zero-order valence-corrected chi connectivity index (χ0v) is 21.9. The van der Waals surface area contributed by atoms with Gasteiger partial charge in [-0.15, -0.1) is 0 Å². The van der Waals surface area contributed by atoms with Crippen molar-refractivity contribution in [1.29, 1.82) is 0 Å². The van der Waals surface area contributed by atoms with Crippen LogP contribution in [0.2, 0.25) is 5.02 Å². The Morgan fingerprint density at radius 3 is 1.89 bits per heavy atom. The summed E-state index contributed by atoms with van der Waals surface area (Å²) in [5, 5.41) is 3.14. The van der Waals surface area contributed by atoms with Gasteiger partial charge in [-0.2, -0.15) is 0 Å². The molecule has 0 aliphatic rings. The Kier molecular flexibility index (Phi) is 7.53. The van der Waals surface area contributed by atoms with Gasteiger partial charge in [-0.25, -0.2) is 16.8 Å². The van der Waals surface area contributed by atoms with E-state index in [1.165, 1.54) is 36.4 Å². The smallest absolute Gasteiger partial charge is 0.262 e. The fourth-order valence-electron chi connectivity index (χ4n) is 3.40. The Bertz CT molecular complexity index is 1640. The molecule has 8 nitrogen and oxygen atoms in total. The first kappa shape index (κ1) is 26.2. The van der Waals surface area contributed by atoms with E-state index in [-0.39, 0.29) is 15.4 Å². The number of halogens is 1. The monoisotopic (exact) mass is 555 g/mol.